The highest BCUT2D eigenvalue weighted by Gasteiger charge is 2.10. The summed E-state index contributed by atoms with van der Waals surface area (Å²) < 4.78 is 1.84. The highest BCUT2D eigenvalue weighted by molar-refractivity contribution is 6.05. The molecule has 2 amide bonds. The summed E-state index contributed by atoms with van der Waals surface area (Å²) in [6.07, 6.45) is 5.47. The van der Waals surface area contributed by atoms with Crippen LogP contribution in [0.3, 0.4) is 0 Å². The number of aryl methyl sites for hydroxylation is 1. The lowest BCUT2D eigenvalue weighted by atomic mass is 10.1. The van der Waals surface area contributed by atoms with E-state index in [9.17, 15) is 9.59 Å². The minimum absolute atomic E-state index is 0.126. The fourth-order valence-electron chi connectivity index (χ4n) is 3.54. The number of hydrogen-bond donors (Lipinski definition) is 3. The number of carbonyl (C=O) groups is 2. The van der Waals surface area contributed by atoms with Crippen molar-refractivity contribution < 1.29 is 9.59 Å². The quantitative estimate of drug-likeness (QED) is 0.319. The van der Waals surface area contributed by atoms with Crippen molar-refractivity contribution in [1.82, 2.24) is 9.55 Å². The molecule has 0 aliphatic heterocycles. The lowest BCUT2D eigenvalue weighted by Crippen LogP contribution is -2.15. The molecule has 0 saturated heterocycles. The fraction of sp³-hybridized carbons (Fsp3) is 0.148. The molecule has 1 heterocycles. The van der Waals surface area contributed by atoms with Crippen LogP contribution in [0.15, 0.2) is 97.6 Å². The zero-order chi connectivity index (χ0) is 23.8. The molecule has 4 aromatic rings. The highest BCUT2D eigenvalue weighted by atomic mass is 16.2. The van der Waals surface area contributed by atoms with Crippen LogP contribution in [0, 0.1) is 0 Å². The van der Waals surface area contributed by atoms with Crippen LogP contribution in [0.2, 0.25) is 0 Å². The summed E-state index contributed by atoms with van der Waals surface area (Å²) in [5.74, 6) is -0.369. The predicted molar refractivity (Wildman–Crippen MR) is 135 cm³/mol. The second-order valence-corrected chi connectivity index (χ2v) is 7.99. The van der Waals surface area contributed by atoms with E-state index < -0.39 is 0 Å². The minimum Gasteiger partial charge on any atom is -0.379 e. The van der Waals surface area contributed by atoms with Crippen molar-refractivity contribution in [3.63, 3.8) is 0 Å². The van der Waals surface area contributed by atoms with Crippen LogP contribution in [0.5, 0.6) is 0 Å². The van der Waals surface area contributed by atoms with Crippen LogP contribution >= 0.6 is 0 Å². The Morgan fingerprint density at radius 3 is 2.38 bits per heavy atom. The standard InChI is InChI=1S/C27H27N5O2/c1-20(21-6-3-2-4-7-21)29-23-10-12-24(13-11-23)31-27(34)22-8-5-9-25(18-22)30-26(33)14-16-32-17-15-28-19-32/h2-13,15,17-20,29H,14,16H2,1H3,(H,30,33)(H,31,34). The first-order valence-electron chi connectivity index (χ1n) is 11.2. The number of anilines is 3. The van der Waals surface area contributed by atoms with E-state index in [4.69, 9.17) is 0 Å². The van der Waals surface area contributed by atoms with Gasteiger partial charge in [-0.3, -0.25) is 9.59 Å². The van der Waals surface area contributed by atoms with Crippen LogP contribution < -0.4 is 16.0 Å². The summed E-state index contributed by atoms with van der Waals surface area (Å²) in [7, 11) is 0. The van der Waals surface area contributed by atoms with Crippen molar-refractivity contribution in [2.75, 3.05) is 16.0 Å². The molecule has 0 saturated carbocycles. The minimum atomic E-state index is -0.243. The molecule has 7 heteroatoms. The Morgan fingerprint density at radius 1 is 0.882 bits per heavy atom. The van der Waals surface area contributed by atoms with E-state index in [0.29, 0.717) is 29.9 Å². The molecule has 0 aliphatic rings. The van der Waals surface area contributed by atoms with Crippen molar-refractivity contribution in [3.05, 3.63) is 109 Å². The highest BCUT2D eigenvalue weighted by Crippen LogP contribution is 2.21. The molecule has 1 aromatic heterocycles. The topological polar surface area (TPSA) is 88.0 Å². The molecule has 0 radical (unpaired) electrons. The van der Waals surface area contributed by atoms with Gasteiger partial charge in [0.25, 0.3) is 5.91 Å². The van der Waals surface area contributed by atoms with Gasteiger partial charge in [0.1, 0.15) is 0 Å². The Morgan fingerprint density at radius 2 is 1.65 bits per heavy atom. The molecule has 1 unspecified atom stereocenters. The van der Waals surface area contributed by atoms with Gasteiger partial charge in [0.05, 0.1) is 6.33 Å². The van der Waals surface area contributed by atoms with E-state index in [1.54, 1.807) is 36.8 Å². The summed E-state index contributed by atoms with van der Waals surface area (Å²) >= 11 is 0. The maximum Gasteiger partial charge on any atom is 0.255 e. The second kappa shape index (κ2) is 11.0. The van der Waals surface area contributed by atoms with E-state index in [1.807, 2.05) is 53.2 Å². The number of benzene rings is 3. The molecule has 3 aromatic carbocycles. The number of amides is 2. The molecular formula is C27H27N5O2. The van der Waals surface area contributed by atoms with Crippen molar-refractivity contribution in [1.29, 1.82) is 0 Å². The Bertz CT molecular complexity index is 1220. The molecule has 0 fully saturated rings. The third kappa shape index (κ3) is 6.32. The van der Waals surface area contributed by atoms with Crippen molar-refractivity contribution in [3.8, 4) is 0 Å². The zero-order valence-electron chi connectivity index (χ0n) is 18.9. The van der Waals surface area contributed by atoms with Gasteiger partial charge >= 0.3 is 0 Å². The van der Waals surface area contributed by atoms with E-state index in [-0.39, 0.29) is 17.9 Å². The number of aromatic nitrogens is 2. The van der Waals surface area contributed by atoms with Crippen LogP contribution in [0.25, 0.3) is 0 Å². The van der Waals surface area contributed by atoms with Crippen molar-refractivity contribution in [2.45, 2.75) is 25.9 Å². The summed E-state index contributed by atoms with van der Waals surface area (Å²) in [6.45, 7) is 2.65. The number of rotatable bonds is 9. The van der Waals surface area contributed by atoms with Crippen LogP contribution in [-0.4, -0.2) is 21.4 Å². The van der Waals surface area contributed by atoms with Gasteiger partial charge < -0.3 is 20.5 Å². The largest absolute Gasteiger partial charge is 0.379 e. The first-order chi connectivity index (χ1) is 16.6. The third-order valence-corrected chi connectivity index (χ3v) is 5.39. The monoisotopic (exact) mass is 453 g/mol. The smallest absolute Gasteiger partial charge is 0.255 e. The normalized spacial score (nSPS) is 11.4. The molecular weight excluding hydrogens is 426 g/mol. The Hall–Kier alpha value is -4.39. The SMILES string of the molecule is CC(Nc1ccc(NC(=O)c2cccc(NC(=O)CCn3ccnc3)c2)cc1)c1ccccc1. The van der Waals surface area contributed by atoms with Gasteiger partial charge in [-0.2, -0.15) is 0 Å². The maximum absolute atomic E-state index is 12.7. The molecule has 4 rings (SSSR count). The molecule has 0 spiro atoms. The Balaban J connectivity index is 1.31. The fourth-order valence-corrected chi connectivity index (χ4v) is 3.54. The molecule has 3 N–H and O–H groups in total. The lowest BCUT2D eigenvalue weighted by molar-refractivity contribution is -0.116. The maximum atomic E-state index is 12.7. The van der Waals surface area contributed by atoms with Crippen LogP contribution in [-0.2, 0) is 11.3 Å². The zero-order valence-corrected chi connectivity index (χ0v) is 18.9. The summed E-state index contributed by atoms with van der Waals surface area (Å²) in [4.78, 5) is 28.9. The van der Waals surface area contributed by atoms with Gasteiger partial charge in [-0.1, -0.05) is 36.4 Å². The Labute approximate surface area is 198 Å². The number of nitrogens with one attached hydrogen (secondary N) is 3. The van der Waals surface area contributed by atoms with E-state index in [2.05, 4.69) is 40.0 Å². The van der Waals surface area contributed by atoms with Gasteiger partial charge in [-0.05, 0) is 55.0 Å². The van der Waals surface area contributed by atoms with E-state index >= 15 is 0 Å². The number of imidazole rings is 1. The first kappa shape index (κ1) is 22.8. The van der Waals surface area contributed by atoms with Gasteiger partial charge in [-0.25, -0.2) is 4.98 Å². The second-order valence-electron chi connectivity index (χ2n) is 7.99. The van der Waals surface area contributed by atoms with Crippen LogP contribution in [0.1, 0.15) is 35.3 Å². The molecule has 0 bridgehead atoms. The van der Waals surface area contributed by atoms with Crippen molar-refractivity contribution >= 4 is 28.9 Å². The number of carbonyl (C=O) groups excluding carboxylic acids is 2. The summed E-state index contributed by atoms with van der Waals surface area (Å²) in [6, 6.07) is 24.9. The van der Waals surface area contributed by atoms with Gasteiger partial charge in [-0.15, -0.1) is 0 Å². The van der Waals surface area contributed by atoms with Crippen molar-refractivity contribution in [2.24, 2.45) is 0 Å². The average molecular weight is 454 g/mol. The van der Waals surface area contributed by atoms with Gasteiger partial charge in [0.15, 0.2) is 0 Å². The van der Waals surface area contributed by atoms with Gasteiger partial charge in [0.2, 0.25) is 5.91 Å². The van der Waals surface area contributed by atoms with Gasteiger partial charge in [0, 0.05) is 54.0 Å². The summed E-state index contributed by atoms with van der Waals surface area (Å²) in [5.41, 5.74) is 3.91. The number of nitrogens with zero attached hydrogens (tertiary/aromatic N) is 2. The molecule has 7 nitrogen and oxygen atoms in total. The lowest BCUT2D eigenvalue weighted by Gasteiger charge is -2.16. The molecule has 172 valence electrons. The first-order valence-corrected chi connectivity index (χ1v) is 11.2. The van der Waals surface area contributed by atoms with E-state index in [1.165, 1.54) is 5.56 Å². The summed E-state index contributed by atoms with van der Waals surface area (Å²) in [5, 5.41) is 9.20. The molecule has 34 heavy (non-hydrogen) atoms. The van der Waals surface area contributed by atoms with E-state index in [0.717, 1.165) is 5.69 Å². The number of hydrogen-bond acceptors (Lipinski definition) is 4. The van der Waals surface area contributed by atoms with Crippen LogP contribution in [0.4, 0.5) is 17.1 Å². The third-order valence-electron chi connectivity index (χ3n) is 5.39. The molecule has 1 atom stereocenters. The molecule has 0 aliphatic carbocycles. The Kier molecular flexibility index (Phi) is 7.35. The predicted octanol–water partition coefficient (Wildman–Crippen LogP) is 5.34. The average Bonchev–Trinajstić information content (AvgIpc) is 3.38.